The van der Waals surface area contributed by atoms with Crippen molar-refractivity contribution in [1.82, 2.24) is 0 Å². The number of carbonyl (C=O) groups is 3. The van der Waals surface area contributed by atoms with Crippen LogP contribution < -0.4 is 20.9 Å². The Morgan fingerprint density at radius 2 is 1.62 bits per heavy atom. The number of benzene rings is 2. The van der Waals surface area contributed by atoms with Crippen LogP contribution in [-0.4, -0.2) is 17.7 Å². The van der Waals surface area contributed by atoms with E-state index in [4.69, 9.17) is 17.3 Å². The molecule has 0 saturated heterocycles. The molecule has 0 unspecified atom stereocenters. The highest BCUT2D eigenvalue weighted by Gasteiger charge is 2.13. The summed E-state index contributed by atoms with van der Waals surface area (Å²) in [4.78, 5) is 36.0. The van der Waals surface area contributed by atoms with Gasteiger partial charge in [-0.2, -0.15) is 4.57 Å². The van der Waals surface area contributed by atoms with Gasteiger partial charge < -0.3 is 16.4 Å². The van der Waals surface area contributed by atoms with E-state index in [2.05, 4.69) is 10.6 Å². The van der Waals surface area contributed by atoms with Crippen LogP contribution in [0.2, 0.25) is 5.02 Å². The van der Waals surface area contributed by atoms with Crippen LogP contribution in [0.1, 0.15) is 20.7 Å². The molecular weight excluding hydrogens is 392 g/mol. The van der Waals surface area contributed by atoms with Crippen LogP contribution in [-0.2, 0) is 11.3 Å². The smallest absolute Gasteiger partial charge is 0.290 e. The molecule has 0 aliphatic rings. The van der Waals surface area contributed by atoms with Crippen molar-refractivity contribution in [1.29, 1.82) is 0 Å². The molecule has 7 nitrogen and oxygen atoms in total. The number of nitrogens with zero attached hydrogens (tertiary/aromatic N) is 1. The largest absolute Gasteiger partial charge is 0.365 e. The predicted molar refractivity (Wildman–Crippen MR) is 110 cm³/mol. The molecule has 8 heteroatoms. The Kier molecular flexibility index (Phi) is 6.21. The summed E-state index contributed by atoms with van der Waals surface area (Å²) in [5.41, 5.74) is 7.03. The normalized spacial score (nSPS) is 10.2. The maximum absolute atomic E-state index is 12.4. The van der Waals surface area contributed by atoms with Gasteiger partial charge in [0.1, 0.15) is 5.56 Å². The second-order valence-corrected chi connectivity index (χ2v) is 6.66. The first kappa shape index (κ1) is 20.0. The molecule has 3 rings (SSSR count). The summed E-state index contributed by atoms with van der Waals surface area (Å²) in [6, 6.07) is 16.5. The summed E-state index contributed by atoms with van der Waals surface area (Å²) in [6.45, 7) is -0.0116. The van der Waals surface area contributed by atoms with Gasteiger partial charge in [-0.3, -0.25) is 14.4 Å². The maximum atomic E-state index is 12.4. The lowest BCUT2D eigenvalue weighted by molar-refractivity contribution is -0.684. The number of nitrogens with two attached hydrogens (primary N) is 1. The van der Waals surface area contributed by atoms with Crippen LogP contribution in [0.5, 0.6) is 0 Å². The summed E-state index contributed by atoms with van der Waals surface area (Å²) in [6.07, 6.45) is 3.15. The number of pyridine rings is 1. The molecule has 1 aromatic heterocycles. The number of amides is 3. The summed E-state index contributed by atoms with van der Waals surface area (Å²) in [7, 11) is 0. The number of primary amides is 1. The van der Waals surface area contributed by atoms with E-state index in [9.17, 15) is 14.4 Å². The monoisotopic (exact) mass is 409 g/mol. The first-order valence-electron chi connectivity index (χ1n) is 8.66. The Morgan fingerprint density at radius 1 is 0.897 bits per heavy atom. The lowest BCUT2D eigenvalue weighted by atomic mass is 10.2. The van der Waals surface area contributed by atoms with Crippen molar-refractivity contribution >= 4 is 40.7 Å². The van der Waals surface area contributed by atoms with E-state index in [0.29, 0.717) is 27.5 Å². The van der Waals surface area contributed by atoms with E-state index in [1.54, 1.807) is 71.4 Å². The Hall–Kier alpha value is -3.71. The molecule has 3 amide bonds. The Labute approximate surface area is 172 Å². The molecule has 0 atom stereocenters. The van der Waals surface area contributed by atoms with Crippen LogP contribution in [0, 0.1) is 0 Å². The van der Waals surface area contributed by atoms with Gasteiger partial charge in [0.05, 0.1) is 0 Å². The number of rotatable bonds is 6. The van der Waals surface area contributed by atoms with E-state index in [1.807, 2.05) is 0 Å². The average Bonchev–Trinajstić information content (AvgIpc) is 2.70. The molecule has 1 heterocycles. The van der Waals surface area contributed by atoms with Crippen LogP contribution in [0.4, 0.5) is 11.4 Å². The molecule has 146 valence electrons. The number of carbonyl (C=O) groups excluding carboxylic acids is 3. The standard InChI is InChI=1S/C21H17ClN4O3/c22-16-6-8-17(9-7-16)25-21(29)14-3-1-5-18(11-14)24-19(27)13-26-10-2-4-15(12-26)20(23)28/h1-12H,13H2,(H3-,23,24,25,27,28,29)/p+1. The van der Waals surface area contributed by atoms with Gasteiger partial charge >= 0.3 is 0 Å². The van der Waals surface area contributed by atoms with E-state index >= 15 is 0 Å². The zero-order chi connectivity index (χ0) is 20.8. The Balaban J connectivity index is 1.65. The lowest BCUT2D eigenvalue weighted by Gasteiger charge is -2.08. The van der Waals surface area contributed by atoms with Crippen molar-refractivity contribution < 1.29 is 19.0 Å². The first-order valence-corrected chi connectivity index (χ1v) is 9.04. The minimum absolute atomic E-state index is 0.0116. The van der Waals surface area contributed by atoms with E-state index in [-0.39, 0.29) is 18.4 Å². The highest BCUT2D eigenvalue weighted by Crippen LogP contribution is 2.16. The molecular formula is C21H18ClN4O3+. The fraction of sp³-hybridized carbons (Fsp3) is 0.0476. The molecule has 4 N–H and O–H groups in total. The van der Waals surface area contributed by atoms with Crippen LogP contribution in [0.25, 0.3) is 0 Å². The third-order valence-corrected chi connectivity index (χ3v) is 4.23. The number of halogens is 1. The molecule has 0 spiro atoms. The molecule has 0 bridgehead atoms. The van der Waals surface area contributed by atoms with E-state index in [0.717, 1.165) is 0 Å². The molecule has 2 aromatic carbocycles. The molecule has 0 aliphatic heterocycles. The van der Waals surface area contributed by atoms with Crippen molar-refractivity contribution in [2.75, 3.05) is 10.6 Å². The van der Waals surface area contributed by atoms with E-state index < -0.39 is 5.91 Å². The van der Waals surface area contributed by atoms with Crippen molar-refractivity contribution in [2.45, 2.75) is 6.54 Å². The summed E-state index contributed by atoms with van der Waals surface area (Å²) >= 11 is 5.84. The highest BCUT2D eigenvalue weighted by atomic mass is 35.5. The maximum Gasteiger partial charge on any atom is 0.290 e. The Morgan fingerprint density at radius 3 is 2.34 bits per heavy atom. The van der Waals surface area contributed by atoms with Gasteiger partial charge in [-0.05, 0) is 48.5 Å². The molecule has 0 aliphatic carbocycles. The highest BCUT2D eigenvalue weighted by molar-refractivity contribution is 6.30. The molecule has 0 fully saturated rings. The zero-order valence-electron chi connectivity index (χ0n) is 15.3. The van der Waals surface area contributed by atoms with Gasteiger partial charge in [-0.1, -0.05) is 17.7 Å². The third-order valence-electron chi connectivity index (χ3n) is 3.98. The quantitative estimate of drug-likeness (QED) is 0.545. The number of hydrogen-bond donors (Lipinski definition) is 3. The SMILES string of the molecule is NC(=O)c1ccc[n+](CC(=O)Nc2cccc(C(=O)Nc3ccc(Cl)cc3)c2)c1. The number of anilines is 2. The molecule has 3 aromatic rings. The first-order chi connectivity index (χ1) is 13.9. The topological polar surface area (TPSA) is 105 Å². The minimum Gasteiger partial charge on any atom is -0.365 e. The fourth-order valence-corrected chi connectivity index (χ4v) is 2.73. The average molecular weight is 410 g/mol. The lowest BCUT2D eigenvalue weighted by Crippen LogP contribution is -2.40. The Bertz CT molecular complexity index is 1070. The molecule has 0 saturated carbocycles. The fourth-order valence-electron chi connectivity index (χ4n) is 2.61. The second kappa shape index (κ2) is 8.99. The van der Waals surface area contributed by atoms with Gasteiger partial charge in [0.25, 0.3) is 17.7 Å². The van der Waals surface area contributed by atoms with E-state index in [1.165, 1.54) is 6.20 Å². The van der Waals surface area contributed by atoms with Crippen molar-refractivity contribution in [3.63, 3.8) is 0 Å². The summed E-state index contributed by atoms with van der Waals surface area (Å²) in [5, 5.41) is 6.07. The predicted octanol–water partition coefficient (Wildman–Crippen LogP) is 2.62. The number of hydrogen-bond acceptors (Lipinski definition) is 3. The van der Waals surface area contributed by atoms with Crippen LogP contribution in [0.15, 0.2) is 73.1 Å². The van der Waals surface area contributed by atoms with Gasteiger partial charge in [0, 0.05) is 28.0 Å². The molecule has 29 heavy (non-hydrogen) atoms. The van der Waals surface area contributed by atoms with Gasteiger partial charge in [0.15, 0.2) is 12.4 Å². The number of aromatic nitrogens is 1. The zero-order valence-corrected chi connectivity index (χ0v) is 16.0. The van der Waals surface area contributed by atoms with Gasteiger partial charge in [-0.25, -0.2) is 0 Å². The second-order valence-electron chi connectivity index (χ2n) is 6.22. The van der Waals surface area contributed by atoms with Crippen LogP contribution >= 0.6 is 11.6 Å². The van der Waals surface area contributed by atoms with Crippen molar-refractivity contribution in [2.24, 2.45) is 5.73 Å². The van der Waals surface area contributed by atoms with Crippen molar-refractivity contribution in [3.05, 3.63) is 89.2 Å². The molecule has 0 radical (unpaired) electrons. The van der Waals surface area contributed by atoms with Gasteiger partial charge in [0.2, 0.25) is 6.54 Å². The number of nitrogens with one attached hydrogen (secondary N) is 2. The van der Waals surface area contributed by atoms with Crippen LogP contribution in [0.3, 0.4) is 0 Å². The summed E-state index contributed by atoms with van der Waals surface area (Å²) in [5.74, 6) is -1.20. The van der Waals surface area contributed by atoms with Crippen molar-refractivity contribution in [3.8, 4) is 0 Å². The minimum atomic E-state index is -0.570. The third kappa shape index (κ3) is 5.63. The summed E-state index contributed by atoms with van der Waals surface area (Å²) < 4.78 is 1.55. The van der Waals surface area contributed by atoms with Gasteiger partial charge in [-0.15, -0.1) is 0 Å².